The van der Waals surface area contributed by atoms with Gasteiger partial charge in [-0.25, -0.2) is 0 Å². The summed E-state index contributed by atoms with van der Waals surface area (Å²) in [5.41, 5.74) is 1.27. The molecule has 0 bridgehead atoms. The van der Waals surface area contributed by atoms with Gasteiger partial charge in [-0.2, -0.15) is 8.42 Å². The minimum atomic E-state index is -4.70. The third-order valence-electron chi connectivity index (χ3n) is 3.25. The van der Waals surface area contributed by atoms with Crippen LogP contribution >= 0.6 is 0 Å². The van der Waals surface area contributed by atoms with Gasteiger partial charge in [0.2, 0.25) is 5.91 Å². The number of rotatable bonds is 3. The molecule has 0 radical (unpaired) electrons. The van der Waals surface area contributed by atoms with Crippen molar-refractivity contribution in [3.05, 3.63) is 23.8 Å². The monoisotopic (exact) mass is 287 g/mol. The Morgan fingerprint density at radius 2 is 2.11 bits per heavy atom. The van der Waals surface area contributed by atoms with E-state index in [1.54, 1.807) is 25.1 Å². The van der Waals surface area contributed by atoms with Gasteiger partial charge in [-0.15, -0.1) is 3.89 Å². The van der Waals surface area contributed by atoms with Crippen LogP contribution in [0.5, 0.6) is 5.75 Å². The van der Waals surface area contributed by atoms with Gasteiger partial charge in [0.1, 0.15) is 11.0 Å². The summed E-state index contributed by atoms with van der Waals surface area (Å²) in [5, 5.41) is -1.29. The highest BCUT2D eigenvalue weighted by molar-refractivity contribution is 7.87. The van der Waals surface area contributed by atoms with E-state index in [-0.39, 0.29) is 13.0 Å². The van der Waals surface area contributed by atoms with Crippen molar-refractivity contribution < 1.29 is 21.8 Å². The van der Waals surface area contributed by atoms with E-state index in [1.165, 1.54) is 12.0 Å². The Hall–Kier alpha value is -1.63. The number of carbonyl (C=O) groups is 1. The summed E-state index contributed by atoms with van der Waals surface area (Å²) in [5.74, 6) is 0.194. The van der Waals surface area contributed by atoms with Crippen LogP contribution in [-0.4, -0.2) is 33.2 Å². The van der Waals surface area contributed by atoms with Crippen LogP contribution in [-0.2, 0) is 15.0 Å². The van der Waals surface area contributed by atoms with E-state index in [9.17, 15) is 17.1 Å². The molecule has 1 aliphatic heterocycles. The normalized spacial score (nSPS) is 19.8. The van der Waals surface area contributed by atoms with Crippen molar-refractivity contribution in [2.45, 2.75) is 18.6 Å². The number of benzene rings is 1. The van der Waals surface area contributed by atoms with Crippen LogP contribution in [0.15, 0.2) is 18.2 Å². The largest absolute Gasteiger partial charge is 0.496 e. The fourth-order valence-electron chi connectivity index (χ4n) is 2.21. The number of halogens is 1. The fraction of sp³-hybridized carbons (Fsp3) is 0.417. The maximum atomic E-state index is 13.0. The summed E-state index contributed by atoms with van der Waals surface area (Å²) in [6, 6.07) is 5.12. The molecule has 0 saturated carbocycles. The summed E-state index contributed by atoms with van der Waals surface area (Å²) in [6.07, 6.45) is -0.324. The van der Waals surface area contributed by atoms with Gasteiger partial charge in [0.05, 0.1) is 12.8 Å². The van der Waals surface area contributed by atoms with Gasteiger partial charge < -0.3 is 9.64 Å². The highest BCUT2D eigenvalue weighted by atomic mass is 32.3. The number of carbonyl (C=O) groups excluding carboxylic acids is 1. The predicted octanol–water partition coefficient (Wildman–Crippen LogP) is 1.41. The van der Waals surface area contributed by atoms with E-state index in [4.69, 9.17) is 4.74 Å². The zero-order valence-electron chi connectivity index (χ0n) is 10.6. The molecule has 5 nitrogen and oxygen atoms in total. The first-order valence-electron chi connectivity index (χ1n) is 5.72. The van der Waals surface area contributed by atoms with Gasteiger partial charge in [0.25, 0.3) is 0 Å². The van der Waals surface area contributed by atoms with Crippen LogP contribution in [0.1, 0.15) is 12.0 Å². The van der Waals surface area contributed by atoms with Gasteiger partial charge in [-0.3, -0.25) is 4.79 Å². The van der Waals surface area contributed by atoms with Crippen molar-refractivity contribution in [3.63, 3.8) is 0 Å². The Labute approximate surface area is 111 Å². The average Bonchev–Trinajstić information content (AvgIpc) is 2.71. The third kappa shape index (κ3) is 2.56. The molecule has 104 valence electrons. The fourth-order valence-corrected chi connectivity index (χ4v) is 2.88. The molecule has 1 heterocycles. The second kappa shape index (κ2) is 4.80. The van der Waals surface area contributed by atoms with E-state index in [0.29, 0.717) is 11.4 Å². The summed E-state index contributed by atoms with van der Waals surface area (Å²) in [6.45, 7) is 1.60. The van der Waals surface area contributed by atoms with E-state index >= 15 is 0 Å². The molecule has 1 aromatic rings. The molecule has 0 aliphatic carbocycles. The highest BCUT2D eigenvalue weighted by Gasteiger charge is 2.39. The number of anilines is 1. The lowest BCUT2D eigenvalue weighted by molar-refractivity contribution is -0.117. The summed E-state index contributed by atoms with van der Waals surface area (Å²) in [7, 11) is -3.19. The van der Waals surface area contributed by atoms with Crippen molar-refractivity contribution in [1.29, 1.82) is 0 Å². The quantitative estimate of drug-likeness (QED) is 0.788. The Bertz CT molecular complexity index is 614. The standard InChI is InChI=1S/C12H14FNO4S/c1-8-10(4-3-5-11(8)18-2)14-7-9(6-12(14)15)19(13,16)17/h3-5,9H,6-7H2,1-2H3. The SMILES string of the molecule is COc1cccc(N2CC(S(=O)(=O)F)CC2=O)c1C. The van der Waals surface area contributed by atoms with Gasteiger partial charge in [0, 0.05) is 18.5 Å². The Kier molecular flexibility index (Phi) is 3.49. The first-order chi connectivity index (χ1) is 8.84. The zero-order chi connectivity index (χ0) is 14.2. The minimum Gasteiger partial charge on any atom is -0.496 e. The lowest BCUT2D eigenvalue weighted by atomic mass is 10.1. The third-order valence-corrected chi connectivity index (χ3v) is 4.37. The van der Waals surface area contributed by atoms with E-state index in [2.05, 4.69) is 0 Å². The summed E-state index contributed by atoms with van der Waals surface area (Å²) in [4.78, 5) is 13.1. The first-order valence-corrected chi connectivity index (χ1v) is 7.16. The van der Waals surface area contributed by atoms with E-state index in [0.717, 1.165) is 5.56 Å². The molecule has 0 aromatic heterocycles. The average molecular weight is 287 g/mol. The van der Waals surface area contributed by atoms with Crippen molar-refractivity contribution in [3.8, 4) is 5.75 Å². The molecule has 1 aliphatic rings. The summed E-state index contributed by atoms with van der Waals surface area (Å²) >= 11 is 0. The maximum Gasteiger partial charge on any atom is 0.307 e. The molecule has 1 unspecified atom stereocenters. The molecule has 1 saturated heterocycles. The number of hydrogen-bond acceptors (Lipinski definition) is 4. The lowest BCUT2D eigenvalue weighted by Crippen LogP contribution is -2.27. The topological polar surface area (TPSA) is 63.7 Å². The van der Waals surface area contributed by atoms with Gasteiger partial charge in [-0.1, -0.05) is 6.07 Å². The van der Waals surface area contributed by atoms with Crippen LogP contribution in [0.4, 0.5) is 9.57 Å². The number of ether oxygens (including phenoxy) is 1. The summed E-state index contributed by atoms with van der Waals surface area (Å²) < 4.78 is 39.9. The highest BCUT2D eigenvalue weighted by Crippen LogP contribution is 2.32. The van der Waals surface area contributed by atoms with Crippen molar-refractivity contribution in [1.82, 2.24) is 0 Å². The smallest absolute Gasteiger partial charge is 0.307 e. The Balaban J connectivity index is 2.36. The van der Waals surface area contributed by atoms with Crippen molar-refractivity contribution in [2.24, 2.45) is 0 Å². The second-order valence-electron chi connectivity index (χ2n) is 4.41. The van der Waals surface area contributed by atoms with Gasteiger partial charge in [-0.05, 0) is 19.1 Å². The number of nitrogens with zero attached hydrogens (tertiary/aromatic N) is 1. The van der Waals surface area contributed by atoms with E-state index in [1.807, 2.05) is 0 Å². The predicted molar refractivity (Wildman–Crippen MR) is 68.5 cm³/mol. The number of amides is 1. The lowest BCUT2D eigenvalue weighted by Gasteiger charge is -2.20. The second-order valence-corrected chi connectivity index (χ2v) is 6.03. The molecule has 0 spiro atoms. The van der Waals surface area contributed by atoms with Crippen molar-refractivity contribution >= 4 is 21.8 Å². The van der Waals surface area contributed by atoms with Crippen molar-refractivity contribution in [2.75, 3.05) is 18.6 Å². The molecule has 1 amide bonds. The van der Waals surface area contributed by atoms with Crippen LogP contribution in [0.25, 0.3) is 0 Å². The molecule has 19 heavy (non-hydrogen) atoms. The van der Waals surface area contributed by atoms with Crippen LogP contribution in [0, 0.1) is 6.92 Å². The van der Waals surface area contributed by atoms with Crippen LogP contribution in [0.3, 0.4) is 0 Å². The minimum absolute atomic E-state index is 0.161. The maximum absolute atomic E-state index is 13.0. The molecule has 1 aromatic carbocycles. The molecule has 1 atom stereocenters. The molecule has 7 heteroatoms. The van der Waals surface area contributed by atoms with Gasteiger partial charge >= 0.3 is 10.2 Å². The first kappa shape index (κ1) is 13.8. The Morgan fingerprint density at radius 1 is 1.42 bits per heavy atom. The molecule has 1 fully saturated rings. The number of methoxy groups -OCH3 is 1. The molecule has 2 rings (SSSR count). The molecular formula is C12H14FNO4S. The van der Waals surface area contributed by atoms with Crippen LogP contribution in [0.2, 0.25) is 0 Å². The van der Waals surface area contributed by atoms with E-state index < -0.39 is 21.4 Å². The van der Waals surface area contributed by atoms with Crippen LogP contribution < -0.4 is 9.64 Å². The zero-order valence-corrected chi connectivity index (χ0v) is 11.4. The Morgan fingerprint density at radius 3 is 2.63 bits per heavy atom. The van der Waals surface area contributed by atoms with Gasteiger partial charge in [0.15, 0.2) is 0 Å². The number of hydrogen-bond donors (Lipinski definition) is 0. The molecular weight excluding hydrogens is 273 g/mol. The molecule has 0 N–H and O–H groups in total.